The Hall–Kier alpha value is -2.57. The first-order chi connectivity index (χ1) is 13.6. The first-order valence-electron chi connectivity index (χ1n) is 9.26. The molecule has 2 fully saturated rings. The second kappa shape index (κ2) is 6.50. The van der Waals surface area contributed by atoms with Crippen LogP contribution < -0.4 is 5.32 Å². The Bertz CT molecular complexity index is 940. The van der Waals surface area contributed by atoms with Crippen molar-refractivity contribution in [2.45, 2.75) is 24.8 Å². The number of nitrogens with one attached hydrogen (secondary N) is 1. The van der Waals surface area contributed by atoms with Crippen molar-refractivity contribution in [1.82, 2.24) is 10.2 Å². The van der Waals surface area contributed by atoms with E-state index in [1.165, 1.54) is 0 Å². The number of halogens is 1. The molecular formula is C21H19ClN2O4. The summed E-state index contributed by atoms with van der Waals surface area (Å²) < 4.78 is 11.5. The fourth-order valence-corrected chi connectivity index (χ4v) is 4.64. The van der Waals surface area contributed by atoms with Crippen LogP contribution in [-0.4, -0.2) is 35.0 Å². The molecule has 0 unspecified atom stereocenters. The number of fused-ring (bicyclic) bond motifs is 1. The molecule has 5 rings (SSSR count). The van der Waals surface area contributed by atoms with Gasteiger partial charge in [0.2, 0.25) is 11.8 Å². The van der Waals surface area contributed by atoms with Gasteiger partial charge in [-0.3, -0.25) is 9.59 Å². The van der Waals surface area contributed by atoms with Gasteiger partial charge in [0.1, 0.15) is 11.4 Å². The Balaban J connectivity index is 1.32. The largest absolute Gasteiger partial charge is 0.467 e. The Labute approximate surface area is 167 Å². The van der Waals surface area contributed by atoms with E-state index >= 15 is 0 Å². The molecule has 2 saturated heterocycles. The van der Waals surface area contributed by atoms with E-state index in [4.69, 9.17) is 20.8 Å². The van der Waals surface area contributed by atoms with Crippen molar-refractivity contribution in [3.05, 3.63) is 71.2 Å². The average Bonchev–Trinajstić information content (AvgIpc) is 3.45. The molecule has 0 radical (unpaired) electrons. The minimum atomic E-state index is -0.712. The van der Waals surface area contributed by atoms with Gasteiger partial charge < -0.3 is 19.4 Å². The van der Waals surface area contributed by atoms with Gasteiger partial charge in [-0.2, -0.15) is 0 Å². The molecule has 3 aliphatic rings. The maximum absolute atomic E-state index is 13.1. The maximum Gasteiger partial charge on any atom is 0.230 e. The van der Waals surface area contributed by atoms with Gasteiger partial charge in [0, 0.05) is 11.6 Å². The molecule has 28 heavy (non-hydrogen) atoms. The van der Waals surface area contributed by atoms with Crippen LogP contribution in [0.2, 0.25) is 5.02 Å². The van der Waals surface area contributed by atoms with Crippen molar-refractivity contribution in [2.24, 2.45) is 11.8 Å². The van der Waals surface area contributed by atoms with Gasteiger partial charge in [-0.05, 0) is 29.8 Å². The van der Waals surface area contributed by atoms with E-state index in [9.17, 15) is 9.59 Å². The van der Waals surface area contributed by atoms with Crippen LogP contribution in [0.4, 0.5) is 0 Å². The molecule has 4 atom stereocenters. The second-order valence-corrected chi connectivity index (χ2v) is 7.95. The van der Waals surface area contributed by atoms with Gasteiger partial charge >= 0.3 is 0 Å². The highest BCUT2D eigenvalue weighted by Crippen LogP contribution is 2.52. The fourth-order valence-electron chi connectivity index (χ4n) is 4.51. The smallest absolute Gasteiger partial charge is 0.230 e. The summed E-state index contributed by atoms with van der Waals surface area (Å²) in [5, 5.41) is 3.60. The van der Waals surface area contributed by atoms with Crippen LogP contribution in [0.5, 0.6) is 0 Å². The minimum Gasteiger partial charge on any atom is -0.467 e. The van der Waals surface area contributed by atoms with E-state index in [2.05, 4.69) is 5.32 Å². The number of benzene rings is 1. The van der Waals surface area contributed by atoms with E-state index in [-0.39, 0.29) is 17.9 Å². The van der Waals surface area contributed by atoms with Gasteiger partial charge in [0.05, 0.1) is 37.3 Å². The zero-order valence-corrected chi connectivity index (χ0v) is 15.8. The minimum absolute atomic E-state index is 0.0603. The molecule has 1 aromatic carbocycles. The normalized spacial score (nSPS) is 30.1. The highest BCUT2D eigenvalue weighted by molar-refractivity contribution is 6.30. The van der Waals surface area contributed by atoms with E-state index in [0.717, 1.165) is 5.56 Å². The zero-order chi connectivity index (χ0) is 19.3. The first kappa shape index (κ1) is 17.5. The summed E-state index contributed by atoms with van der Waals surface area (Å²) >= 11 is 5.90. The quantitative estimate of drug-likeness (QED) is 0.785. The lowest BCUT2D eigenvalue weighted by Crippen LogP contribution is -2.43. The molecule has 1 aromatic heterocycles. The van der Waals surface area contributed by atoms with Crippen molar-refractivity contribution < 1.29 is 18.7 Å². The molecule has 1 spiro atoms. The summed E-state index contributed by atoms with van der Waals surface area (Å²) in [6.07, 6.45) is 5.09. The highest BCUT2D eigenvalue weighted by atomic mass is 35.5. The molecule has 7 heteroatoms. The van der Waals surface area contributed by atoms with Gasteiger partial charge in [-0.25, -0.2) is 0 Å². The van der Waals surface area contributed by atoms with E-state index < -0.39 is 17.4 Å². The van der Waals surface area contributed by atoms with Crippen molar-refractivity contribution in [3.8, 4) is 0 Å². The molecule has 1 N–H and O–H groups in total. The predicted octanol–water partition coefficient (Wildman–Crippen LogP) is 2.53. The van der Waals surface area contributed by atoms with Crippen molar-refractivity contribution in [2.75, 3.05) is 6.54 Å². The molecule has 0 aliphatic carbocycles. The summed E-state index contributed by atoms with van der Waals surface area (Å²) in [6, 6.07) is 10.9. The molecule has 3 aliphatic heterocycles. The van der Waals surface area contributed by atoms with Crippen LogP contribution in [-0.2, 0) is 27.4 Å². The van der Waals surface area contributed by atoms with Crippen LogP contribution in [0, 0.1) is 11.8 Å². The van der Waals surface area contributed by atoms with E-state index in [0.29, 0.717) is 30.4 Å². The van der Waals surface area contributed by atoms with Crippen LogP contribution in [0.25, 0.3) is 0 Å². The Morgan fingerprint density at radius 3 is 2.86 bits per heavy atom. The molecular weight excluding hydrogens is 380 g/mol. The number of rotatable bonds is 5. The van der Waals surface area contributed by atoms with Crippen molar-refractivity contribution in [1.29, 1.82) is 0 Å². The summed E-state index contributed by atoms with van der Waals surface area (Å²) in [6.45, 7) is 1.20. The second-order valence-electron chi connectivity index (χ2n) is 7.52. The first-order valence-corrected chi connectivity index (χ1v) is 9.64. The van der Waals surface area contributed by atoms with Gasteiger partial charge in [0.15, 0.2) is 0 Å². The maximum atomic E-state index is 13.1. The molecule has 2 aromatic rings. The third kappa shape index (κ3) is 2.75. The number of carbonyl (C=O) groups is 2. The summed E-state index contributed by atoms with van der Waals surface area (Å²) in [5.74, 6) is -0.527. The number of amides is 2. The third-order valence-electron chi connectivity index (χ3n) is 5.79. The van der Waals surface area contributed by atoms with Crippen molar-refractivity contribution in [3.63, 3.8) is 0 Å². The molecule has 144 valence electrons. The zero-order valence-electron chi connectivity index (χ0n) is 15.0. The third-order valence-corrected chi connectivity index (χ3v) is 6.04. The molecule has 2 amide bonds. The molecule has 6 nitrogen and oxygen atoms in total. The van der Waals surface area contributed by atoms with Gasteiger partial charge in [0.25, 0.3) is 0 Å². The Morgan fingerprint density at radius 2 is 2.11 bits per heavy atom. The lowest BCUT2D eigenvalue weighted by molar-refractivity contribution is -0.138. The van der Waals surface area contributed by atoms with Crippen LogP contribution in [0.15, 0.2) is 59.2 Å². The van der Waals surface area contributed by atoms with E-state index in [1.807, 2.05) is 30.4 Å². The summed E-state index contributed by atoms with van der Waals surface area (Å²) in [4.78, 5) is 27.8. The lowest BCUT2D eigenvalue weighted by atomic mass is 9.77. The number of nitrogens with zero attached hydrogens (tertiary/aromatic N) is 1. The number of hydrogen-bond donors (Lipinski definition) is 1. The van der Waals surface area contributed by atoms with Gasteiger partial charge in [-0.15, -0.1) is 0 Å². The Kier molecular flexibility index (Phi) is 4.07. The number of hydrogen-bond acceptors (Lipinski definition) is 4. The molecule has 0 saturated carbocycles. The monoisotopic (exact) mass is 398 g/mol. The van der Waals surface area contributed by atoms with Crippen LogP contribution in [0.1, 0.15) is 11.3 Å². The lowest BCUT2D eigenvalue weighted by Gasteiger charge is -2.23. The van der Waals surface area contributed by atoms with Crippen LogP contribution >= 0.6 is 11.6 Å². The summed E-state index contributed by atoms with van der Waals surface area (Å²) in [5.41, 5.74) is 0.237. The Morgan fingerprint density at radius 1 is 1.29 bits per heavy atom. The number of ether oxygens (including phenoxy) is 1. The van der Waals surface area contributed by atoms with Crippen LogP contribution in [0.3, 0.4) is 0 Å². The number of carbonyl (C=O) groups excluding carboxylic acids is 2. The molecule has 2 bridgehead atoms. The standard InChI is InChI=1S/C21H19ClN2O4/c22-14-5-3-13(4-6-14)10-23-19(25)17-16-7-8-21(28-16)12-24(20(26)18(17)21)11-15-2-1-9-27-15/h1-9,16-18H,10-12H2,(H,23,25)/t16-,17-,18-,21+/m0/s1. The average molecular weight is 399 g/mol. The molecule has 4 heterocycles. The topological polar surface area (TPSA) is 71.8 Å². The highest BCUT2D eigenvalue weighted by Gasteiger charge is 2.66. The number of furan rings is 1. The predicted molar refractivity (Wildman–Crippen MR) is 101 cm³/mol. The van der Waals surface area contributed by atoms with E-state index in [1.54, 1.807) is 29.4 Å². The summed E-state index contributed by atoms with van der Waals surface area (Å²) in [7, 11) is 0. The fraction of sp³-hybridized carbons (Fsp3) is 0.333. The van der Waals surface area contributed by atoms with Crippen molar-refractivity contribution >= 4 is 23.4 Å². The SMILES string of the molecule is O=C(NCc1ccc(Cl)cc1)[C@H]1[C@@H]2C=C[C@]3(CN(Cc4ccco4)C(=O)[C@H]13)O2. The number of likely N-dealkylation sites (tertiary alicyclic amines) is 1. The van der Waals surface area contributed by atoms with Gasteiger partial charge in [-0.1, -0.05) is 35.9 Å².